The molecule has 0 spiro atoms. The van der Waals surface area contributed by atoms with E-state index in [0.29, 0.717) is 11.3 Å². The summed E-state index contributed by atoms with van der Waals surface area (Å²) in [6, 6.07) is 10.3. The topological polar surface area (TPSA) is 78.9 Å². The fourth-order valence-corrected chi connectivity index (χ4v) is 4.77. The van der Waals surface area contributed by atoms with E-state index in [-0.39, 0.29) is 16.8 Å². The van der Waals surface area contributed by atoms with Gasteiger partial charge in [-0.2, -0.15) is 0 Å². The van der Waals surface area contributed by atoms with Crippen LogP contribution < -0.4 is 15.0 Å². The molecule has 1 atom stereocenters. The minimum atomic E-state index is -3.66. The third-order valence-corrected chi connectivity index (χ3v) is 7.45. The molecule has 1 aliphatic heterocycles. The molecule has 31 heavy (non-hydrogen) atoms. The van der Waals surface area contributed by atoms with Crippen molar-refractivity contribution in [3.05, 3.63) is 53.1 Å². The van der Waals surface area contributed by atoms with Crippen molar-refractivity contribution in [2.75, 3.05) is 39.2 Å². The number of carbonyl (C=O) groups excluding carboxylic acids is 1. The molecule has 0 bridgehead atoms. The first-order valence-electron chi connectivity index (χ1n) is 10.4. The maximum Gasteiger partial charge on any atom is 0.253 e. The first-order valence-corrected chi connectivity index (χ1v) is 11.9. The zero-order valence-electron chi connectivity index (χ0n) is 18.8. The number of nitrogens with one attached hydrogen (secondary N) is 1. The second-order valence-electron chi connectivity index (χ2n) is 8.10. The number of rotatable bonds is 7. The first-order chi connectivity index (χ1) is 14.6. The van der Waals surface area contributed by atoms with Gasteiger partial charge in [-0.3, -0.25) is 4.79 Å². The van der Waals surface area contributed by atoms with E-state index in [0.717, 1.165) is 47.1 Å². The van der Waals surface area contributed by atoms with Crippen LogP contribution in [0.2, 0.25) is 0 Å². The van der Waals surface area contributed by atoms with Crippen LogP contribution in [0.25, 0.3) is 0 Å². The number of carbonyl (C=O) groups is 1. The van der Waals surface area contributed by atoms with Crippen molar-refractivity contribution in [1.82, 2.24) is 9.62 Å². The third kappa shape index (κ3) is 4.85. The number of ether oxygens (including phenoxy) is 1. The van der Waals surface area contributed by atoms with Gasteiger partial charge in [0.15, 0.2) is 0 Å². The summed E-state index contributed by atoms with van der Waals surface area (Å²) in [5, 5.41) is 3.03. The smallest absolute Gasteiger partial charge is 0.253 e. The van der Waals surface area contributed by atoms with Gasteiger partial charge in [0.2, 0.25) is 10.0 Å². The van der Waals surface area contributed by atoms with Crippen molar-refractivity contribution in [2.24, 2.45) is 0 Å². The maximum absolute atomic E-state index is 13.4. The molecule has 2 aromatic rings. The summed E-state index contributed by atoms with van der Waals surface area (Å²) in [4.78, 5) is 15.6. The Morgan fingerprint density at radius 1 is 1.13 bits per heavy atom. The van der Waals surface area contributed by atoms with Gasteiger partial charge in [-0.25, -0.2) is 12.7 Å². The largest absolute Gasteiger partial charge is 0.496 e. The number of methoxy groups -OCH3 is 1. The highest BCUT2D eigenvalue weighted by atomic mass is 32.2. The molecule has 3 rings (SSSR count). The van der Waals surface area contributed by atoms with Crippen molar-refractivity contribution in [2.45, 2.75) is 37.6 Å². The SMILES string of the molecule is COc1ccc(C)cc1C(C)NC(=O)c1cc(S(=O)(=O)N(C)C)ccc1N1CCCC1. The molecule has 0 saturated carbocycles. The highest BCUT2D eigenvalue weighted by molar-refractivity contribution is 7.89. The summed E-state index contributed by atoms with van der Waals surface area (Å²) < 4.78 is 31.9. The number of hydrogen-bond acceptors (Lipinski definition) is 5. The fraction of sp³-hybridized carbons (Fsp3) is 0.435. The van der Waals surface area contributed by atoms with E-state index in [1.165, 1.54) is 20.2 Å². The minimum absolute atomic E-state index is 0.103. The van der Waals surface area contributed by atoms with Gasteiger partial charge in [0, 0.05) is 38.4 Å². The second kappa shape index (κ2) is 9.28. The zero-order valence-corrected chi connectivity index (χ0v) is 19.6. The number of nitrogens with zero attached hydrogens (tertiary/aromatic N) is 2. The van der Waals surface area contributed by atoms with Crippen LogP contribution in [0.3, 0.4) is 0 Å². The van der Waals surface area contributed by atoms with Crippen molar-refractivity contribution < 1.29 is 17.9 Å². The number of aryl methyl sites for hydroxylation is 1. The van der Waals surface area contributed by atoms with Gasteiger partial charge in [0.1, 0.15) is 5.75 Å². The summed E-state index contributed by atoms with van der Waals surface area (Å²) in [6.07, 6.45) is 2.10. The molecular formula is C23H31N3O4S. The molecule has 0 aromatic heterocycles. The number of hydrogen-bond donors (Lipinski definition) is 1. The summed E-state index contributed by atoms with van der Waals surface area (Å²) in [6.45, 7) is 5.58. The molecule has 1 N–H and O–H groups in total. The molecule has 1 heterocycles. The van der Waals surface area contributed by atoms with Crippen LogP contribution in [0.1, 0.15) is 47.3 Å². The van der Waals surface area contributed by atoms with Gasteiger partial charge >= 0.3 is 0 Å². The van der Waals surface area contributed by atoms with Gasteiger partial charge in [-0.1, -0.05) is 17.7 Å². The number of anilines is 1. The van der Waals surface area contributed by atoms with E-state index in [4.69, 9.17) is 4.74 Å². The maximum atomic E-state index is 13.4. The highest BCUT2D eigenvalue weighted by Crippen LogP contribution is 2.30. The van der Waals surface area contributed by atoms with E-state index in [9.17, 15) is 13.2 Å². The first kappa shape index (κ1) is 23.1. The van der Waals surface area contributed by atoms with E-state index in [1.54, 1.807) is 19.2 Å². The standard InChI is InChI=1S/C23H31N3O4S/c1-16-8-11-22(30-5)19(14-16)17(2)24-23(27)20-15-18(31(28,29)25(3)4)9-10-21(20)26-12-6-7-13-26/h8-11,14-15,17H,6-7,12-13H2,1-5H3,(H,24,27). The minimum Gasteiger partial charge on any atom is -0.496 e. The van der Waals surface area contributed by atoms with Crippen molar-refractivity contribution in [3.8, 4) is 5.75 Å². The Hall–Kier alpha value is -2.58. The molecule has 0 aliphatic carbocycles. The van der Waals surface area contributed by atoms with Crippen molar-refractivity contribution >= 4 is 21.6 Å². The highest BCUT2D eigenvalue weighted by Gasteiger charge is 2.25. The molecule has 0 radical (unpaired) electrons. The molecule has 168 valence electrons. The van der Waals surface area contributed by atoms with Gasteiger partial charge in [0.05, 0.1) is 23.6 Å². The fourth-order valence-electron chi connectivity index (χ4n) is 3.85. The van der Waals surface area contributed by atoms with E-state index >= 15 is 0 Å². The lowest BCUT2D eigenvalue weighted by molar-refractivity contribution is 0.0939. The molecule has 1 aliphatic rings. The Kier molecular flexibility index (Phi) is 6.91. The number of amides is 1. The van der Waals surface area contributed by atoms with Gasteiger partial charge < -0.3 is 15.0 Å². The van der Waals surface area contributed by atoms with Crippen LogP contribution in [0, 0.1) is 6.92 Å². The second-order valence-corrected chi connectivity index (χ2v) is 10.3. The van der Waals surface area contributed by atoms with E-state index in [1.807, 2.05) is 32.0 Å². The van der Waals surface area contributed by atoms with Crippen molar-refractivity contribution in [1.29, 1.82) is 0 Å². The predicted molar refractivity (Wildman–Crippen MR) is 122 cm³/mol. The third-order valence-electron chi connectivity index (χ3n) is 5.64. The molecule has 1 fully saturated rings. The molecule has 8 heteroatoms. The summed E-state index contributed by atoms with van der Waals surface area (Å²) in [5.74, 6) is 0.385. The van der Waals surface area contributed by atoms with Crippen molar-refractivity contribution in [3.63, 3.8) is 0 Å². The van der Waals surface area contributed by atoms with E-state index in [2.05, 4.69) is 10.2 Å². The zero-order chi connectivity index (χ0) is 22.8. The summed E-state index contributed by atoms with van der Waals surface area (Å²) >= 11 is 0. The van der Waals surface area contributed by atoms with Gasteiger partial charge in [0.25, 0.3) is 5.91 Å². The molecule has 7 nitrogen and oxygen atoms in total. The molecular weight excluding hydrogens is 414 g/mol. The van der Waals surface area contributed by atoms with Crippen LogP contribution in [-0.4, -0.2) is 52.9 Å². The molecule has 1 unspecified atom stereocenters. The Morgan fingerprint density at radius 2 is 1.81 bits per heavy atom. The monoisotopic (exact) mass is 445 g/mol. The quantitative estimate of drug-likeness (QED) is 0.707. The lowest BCUT2D eigenvalue weighted by Gasteiger charge is -2.24. The lowest BCUT2D eigenvalue weighted by Crippen LogP contribution is -2.30. The van der Waals surface area contributed by atoms with Crippen LogP contribution in [0.5, 0.6) is 5.75 Å². The Bertz CT molecular complexity index is 1060. The molecule has 1 amide bonds. The Morgan fingerprint density at radius 3 is 2.42 bits per heavy atom. The predicted octanol–water partition coefficient (Wildman–Crippen LogP) is 3.35. The Labute approximate surface area is 185 Å². The van der Waals surface area contributed by atoms with Crippen LogP contribution in [0.15, 0.2) is 41.3 Å². The number of benzene rings is 2. The average molecular weight is 446 g/mol. The van der Waals surface area contributed by atoms with Crippen LogP contribution >= 0.6 is 0 Å². The Balaban J connectivity index is 1.99. The van der Waals surface area contributed by atoms with Gasteiger partial charge in [-0.15, -0.1) is 0 Å². The number of sulfonamides is 1. The van der Waals surface area contributed by atoms with Crippen LogP contribution in [-0.2, 0) is 10.0 Å². The van der Waals surface area contributed by atoms with E-state index < -0.39 is 10.0 Å². The average Bonchev–Trinajstić information content (AvgIpc) is 3.27. The summed E-state index contributed by atoms with van der Waals surface area (Å²) in [5.41, 5.74) is 3.06. The normalized spacial score (nSPS) is 15.2. The van der Waals surface area contributed by atoms with Gasteiger partial charge in [-0.05, 0) is 51.0 Å². The van der Waals surface area contributed by atoms with Crippen LogP contribution in [0.4, 0.5) is 5.69 Å². The molecule has 1 saturated heterocycles. The summed E-state index contributed by atoms with van der Waals surface area (Å²) in [7, 11) is 0.909. The molecule has 2 aromatic carbocycles. The lowest BCUT2D eigenvalue weighted by atomic mass is 10.0.